The van der Waals surface area contributed by atoms with Crippen molar-refractivity contribution in [2.75, 3.05) is 6.61 Å². The molecule has 0 fully saturated rings. The Morgan fingerprint density at radius 1 is 1.45 bits per heavy atom. The Hall–Kier alpha value is -1.04. The smallest absolute Gasteiger partial charge is 0.0642 e. The van der Waals surface area contributed by atoms with Crippen molar-refractivity contribution in [2.24, 2.45) is 0 Å². The molecule has 0 rings (SSSR count). The predicted molar refractivity (Wildman–Crippen MR) is 48.3 cm³/mol. The van der Waals surface area contributed by atoms with E-state index in [1.807, 2.05) is 26.0 Å². The van der Waals surface area contributed by atoms with Crippen LogP contribution < -0.4 is 0 Å². The monoisotopic (exact) mass is 150 g/mol. The van der Waals surface area contributed by atoms with Crippen LogP contribution in [-0.2, 0) is 0 Å². The Bertz CT molecular complexity index is 215. The Kier molecular flexibility index (Phi) is 5.18. The lowest BCUT2D eigenvalue weighted by Gasteiger charge is -1.90. The van der Waals surface area contributed by atoms with Crippen molar-refractivity contribution in [3.63, 3.8) is 0 Å². The minimum absolute atomic E-state index is 0.113. The van der Waals surface area contributed by atoms with Gasteiger partial charge in [0.05, 0.1) is 6.61 Å². The van der Waals surface area contributed by atoms with Crippen LogP contribution in [0.2, 0.25) is 0 Å². The molecule has 0 aliphatic rings. The highest BCUT2D eigenvalue weighted by Crippen LogP contribution is 1.97. The summed E-state index contributed by atoms with van der Waals surface area (Å²) in [6.07, 6.45) is 5.59. The molecule has 0 radical (unpaired) electrons. The van der Waals surface area contributed by atoms with Crippen LogP contribution in [0.4, 0.5) is 0 Å². The van der Waals surface area contributed by atoms with E-state index < -0.39 is 0 Å². The Morgan fingerprint density at radius 2 is 2.09 bits per heavy atom. The number of allylic oxidation sites excluding steroid dienone is 4. The van der Waals surface area contributed by atoms with Gasteiger partial charge in [-0.3, -0.25) is 0 Å². The lowest BCUT2D eigenvalue weighted by atomic mass is 10.2. The van der Waals surface area contributed by atoms with E-state index in [0.717, 1.165) is 11.1 Å². The van der Waals surface area contributed by atoms with Crippen LogP contribution in [-0.4, -0.2) is 11.7 Å². The summed E-state index contributed by atoms with van der Waals surface area (Å²) >= 11 is 0. The summed E-state index contributed by atoms with van der Waals surface area (Å²) < 4.78 is 0. The molecule has 1 heteroatoms. The lowest BCUT2D eigenvalue weighted by molar-refractivity contribution is 0.331. The van der Waals surface area contributed by atoms with Crippen molar-refractivity contribution in [3.8, 4) is 0 Å². The van der Waals surface area contributed by atoms with Crippen molar-refractivity contribution in [1.82, 2.24) is 0 Å². The van der Waals surface area contributed by atoms with Gasteiger partial charge in [0.1, 0.15) is 0 Å². The van der Waals surface area contributed by atoms with Gasteiger partial charge in [0, 0.05) is 0 Å². The first kappa shape index (κ1) is 9.96. The van der Waals surface area contributed by atoms with E-state index in [2.05, 4.69) is 12.3 Å². The number of rotatable bonds is 3. The Labute approximate surface area is 68.1 Å². The fourth-order valence-corrected chi connectivity index (χ4v) is 0.536. The molecule has 0 spiro atoms. The minimum atomic E-state index is 0.113. The predicted octanol–water partition coefficient (Wildman–Crippen LogP) is 2.21. The van der Waals surface area contributed by atoms with Crippen LogP contribution in [0.1, 0.15) is 13.8 Å². The number of hydrogen-bond donors (Lipinski definition) is 1. The number of hydrogen-bond acceptors (Lipinski definition) is 1. The van der Waals surface area contributed by atoms with Crippen molar-refractivity contribution in [3.05, 3.63) is 41.7 Å². The summed E-state index contributed by atoms with van der Waals surface area (Å²) in [6.45, 7) is 7.40. The van der Waals surface area contributed by atoms with E-state index in [0.29, 0.717) is 0 Å². The van der Waals surface area contributed by atoms with E-state index >= 15 is 0 Å². The van der Waals surface area contributed by atoms with Crippen LogP contribution in [0.25, 0.3) is 0 Å². The standard InChI is InChI=1S/C10H14O/c1-4-5-9(2)6-7-10(3)8-11/h5-7,11H,1,8H2,2-3H3/b9-6-,10-7+. The first-order valence-corrected chi connectivity index (χ1v) is 3.51. The van der Waals surface area contributed by atoms with Gasteiger partial charge in [-0.1, -0.05) is 18.7 Å². The Balaban J connectivity index is 4.21. The van der Waals surface area contributed by atoms with Gasteiger partial charge in [-0.2, -0.15) is 0 Å². The molecule has 60 valence electrons. The van der Waals surface area contributed by atoms with Gasteiger partial charge in [-0.25, -0.2) is 0 Å². The molecule has 0 heterocycles. The summed E-state index contributed by atoms with van der Waals surface area (Å²) in [6, 6.07) is 0. The minimum Gasteiger partial charge on any atom is -0.392 e. The zero-order chi connectivity index (χ0) is 8.69. The molecule has 0 bridgehead atoms. The summed E-state index contributed by atoms with van der Waals surface area (Å²) in [7, 11) is 0. The van der Waals surface area contributed by atoms with E-state index in [-0.39, 0.29) is 6.61 Å². The fourth-order valence-electron chi connectivity index (χ4n) is 0.536. The molecule has 1 N–H and O–H groups in total. The number of aliphatic hydroxyl groups is 1. The second-order valence-electron chi connectivity index (χ2n) is 2.43. The second kappa shape index (κ2) is 5.72. The molecule has 0 saturated carbocycles. The molecule has 0 aliphatic heterocycles. The van der Waals surface area contributed by atoms with Gasteiger partial charge in [-0.15, -0.1) is 5.73 Å². The van der Waals surface area contributed by atoms with Crippen molar-refractivity contribution < 1.29 is 5.11 Å². The third-order valence-electron chi connectivity index (χ3n) is 1.21. The highest BCUT2D eigenvalue weighted by molar-refractivity contribution is 5.22. The molecule has 0 saturated heterocycles. The zero-order valence-corrected chi connectivity index (χ0v) is 7.09. The van der Waals surface area contributed by atoms with Crippen LogP contribution >= 0.6 is 0 Å². The van der Waals surface area contributed by atoms with Gasteiger partial charge in [0.25, 0.3) is 0 Å². The van der Waals surface area contributed by atoms with E-state index in [4.69, 9.17) is 5.11 Å². The molecule has 0 aliphatic carbocycles. The summed E-state index contributed by atoms with van der Waals surface area (Å²) in [5, 5.41) is 8.64. The van der Waals surface area contributed by atoms with Crippen LogP contribution in [0.15, 0.2) is 41.7 Å². The van der Waals surface area contributed by atoms with Crippen LogP contribution in [0.3, 0.4) is 0 Å². The molecule has 0 atom stereocenters. The molecule has 0 unspecified atom stereocenters. The largest absolute Gasteiger partial charge is 0.392 e. The number of aliphatic hydroxyl groups excluding tert-OH is 1. The van der Waals surface area contributed by atoms with Crippen LogP contribution in [0.5, 0.6) is 0 Å². The summed E-state index contributed by atoms with van der Waals surface area (Å²) in [4.78, 5) is 0. The third kappa shape index (κ3) is 5.41. The SMILES string of the molecule is C=C=C/C(C)=C\C=C(/C)CO. The quantitative estimate of drug-likeness (QED) is 0.483. The maximum Gasteiger partial charge on any atom is 0.0642 e. The molecule has 1 nitrogen and oxygen atoms in total. The van der Waals surface area contributed by atoms with E-state index in [9.17, 15) is 0 Å². The molecule has 0 aromatic carbocycles. The molecule has 0 aromatic heterocycles. The molecule has 0 aromatic rings. The lowest BCUT2D eigenvalue weighted by Crippen LogP contribution is -1.81. The second-order valence-corrected chi connectivity index (χ2v) is 2.43. The maximum absolute atomic E-state index is 8.64. The first-order valence-electron chi connectivity index (χ1n) is 3.51. The van der Waals surface area contributed by atoms with Crippen molar-refractivity contribution in [2.45, 2.75) is 13.8 Å². The van der Waals surface area contributed by atoms with Crippen LogP contribution in [0, 0.1) is 0 Å². The molecular formula is C10H14O. The third-order valence-corrected chi connectivity index (χ3v) is 1.21. The average Bonchev–Trinajstić information content (AvgIpc) is 2.01. The fraction of sp³-hybridized carbons (Fsp3) is 0.300. The highest BCUT2D eigenvalue weighted by Gasteiger charge is 1.81. The van der Waals surface area contributed by atoms with Gasteiger partial charge in [0.15, 0.2) is 0 Å². The average molecular weight is 150 g/mol. The molecule has 11 heavy (non-hydrogen) atoms. The van der Waals surface area contributed by atoms with Crippen molar-refractivity contribution >= 4 is 0 Å². The summed E-state index contributed by atoms with van der Waals surface area (Å²) in [5.41, 5.74) is 4.70. The highest BCUT2D eigenvalue weighted by atomic mass is 16.3. The first-order chi connectivity index (χ1) is 5.20. The zero-order valence-electron chi connectivity index (χ0n) is 7.09. The van der Waals surface area contributed by atoms with Gasteiger partial charge in [-0.05, 0) is 31.1 Å². The van der Waals surface area contributed by atoms with Gasteiger partial charge >= 0.3 is 0 Å². The topological polar surface area (TPSA) is 20.2 Å². The Morgan fingerprint density at radius 3 is 2.55 bits per heavy atom. The molecule has 0 amide bonds. The van der Waals surface area contributed by atoms with E-state index in [1.54, 1.807) is 6.08 Å². The summed E-state index contributed by atoms with van der Waals surface area (Å²) in [5.74, 6) is 0. The molecular weight excluding hydrogens is 136 g/mol. The maximum atomic E-state index is 8.64. The normalized spacial score (nSPS) is 12.6. The van der Waals surface area contributed by atoms with Crippen molar-refractivity contribution in [1.29, 1.82) is 0 Å². The van der Waals surface area contributed by atoms with E-state index in [1.165, 1.54) is 0 Å². The van der Waals surface area contributed by atoms with Gasteiger partial charge in [0.2, 0.25) is 0 Å². The van der Waals surface area contributed by atoms with Gasteiger partial charge < -0.3 is 5.11 Å².